The molecule has 2 aromatic rings. The highest BCUT2D eigenvalue weighted by Gasteiger charge is 2.10. The minimum absolute atomic E-state index is 0.144. The van der Waals surface area contributed by atoms with E-state index in [1.807, 2.05) is 0 Å². The summed E-state index contributed by atoms with van der Waals surface area (Å²) in [6.45, 7) is 0. The van der Waals surface area contributed by atoms with Crippen LogP contribution in [0.4, 0.5) is 4.39 Å². The summed E-state index contributed by atoms with van der Waals surface area (Å²) < 4.78 is 14.2. The van der Waals surface area contributed by atoms with Crippen LogP contribution in [0.15, 0.2) is 37.8 Å². The van der Waals surface area contributed by atoms with Crippen LogP contribution in [0.1, 0.15) is 10.4 Å². The summed E-state index contributed by atoms with van der Waals surface area (Å²) >= 11 is 0.981. The lowest BCUT2D eigenvalue weighted by Crippen LogP contribution is -2.33. The highest BCUT2D eigenvalue weighted by atomic mass is 32.2. The number of aldehydes is 1. The average molecular weight is 281 g/mol. The summed E-state index contributed by atoms with van der Waals surface area (Å²) in [6, 6.07) is 3.68. The zero-order valence-electron chi connectivity index (χ0n) is 9.71. The Morgan fingerprint density at radius 3 is 2.84 bits per heavy atom. The molecule has 6 nitrogen and oxygen atoms in total. The van der Waals surface area contributed by atoms with E-state index in [4.69, 9.17) is 0 Å². The molecule has 19 heavy (non-hydrogen) atoms. The third-order valence-corrected chi connectivity index (χ3v) is 3.39. The van der Waals surface area contributed by atoms with E-state index < -0.39 is 16.9 Å². The summed E-state index contributed by atoms with van der Waals surface area (Å²) in [4.78, 5) is 37.1. The Bertz CT molecular complexity index is 754. The van der Waals surface area contributed by atoms with Crippen molar-refractivity contribution in [3.8, 4) is 0 Å². The van der Waals surface area contributed by atoms with Crippen LogP contribution in [0, 0.1) is 5.82 Å². The molecule has 0 aliphatic rings. The van der Waals surface area contributed by atoms with E-state index in [0.717, 1.165) is 17.8 Å². The molecule has 1 heterocycles. The summed E-state index contributed by atoms with van der Waals surface area (Å²) in [7, 11) is 1.50. The molecule has 1 aromatic carbocycles. The first kappa shape index (κ1) is 13.2. The van der Waals surface area contributed by atoms with Crippen molar-refractivity contribution in [1.29, 1.82) is 0 Å². The lowest BCUT2D eigenvalue weighted by atomic mass is 10.2. The van der Waals surface area contributed by atoms with Crippen LogP contribution in [-0.4, -0.2) is 21.1 Å². The molecule has 0 aliphatic heterocycles. The molecule has 1 N–H and O–H groups in total. The van der Waals surface area contributed by atoms with Crippen LogP contribution in [0.3, 0.4) is 0 Å². The number of halogens is 1. The molecule has 1 aromatic heterocycles. The largest absolute Gasteiger partial charge is 0.339 e. The Morgan fingerprint density at radius 1 is 1.42 bits per heavy atom. The van der Waals surface area contributed by atoms with Gasteiger partial charge in [0.1, 0.15) is 5.82 Å². The first-order valence-electron chi connectivity index (χ1n) is 5.11. The van der Waals surface area contributed by atoms with Crippen molar-refractivity contribution in [1.82, 2.24) is 14.8 Å². The molecule has 0 atom stereocenters. The molecule has 98 valence electrons. The number of benzene rings is 1. The number of carbonyl (C=O) groups excluding carboxylic acids is 1. The molecule has 8 heteroatoms. The van der Waals surface area contributed by atoms with Gasteiger partial charge in [0.25, 0.3) is 0 Å². The van der Waals surface area contributed by atoms with Crippen molar-refractivity contribution in [3.63, 3.8) is 0 Å². The minimum Gasteiger partial charge on any atom is -0.298 e. The van der Waals surface area contributed by atoms with Crippen molar-refractivity contribution in [3.05, 3.63) is 50.3 Å². The van der Waals surface area contributed by atoms with Crippen molar-refractivity contribution in [2.24, 2.45) is 7.05 Å². The zero-order chi connectivity index (χ0) is 14.0. The van der Waals surface area contributed by atoms with E-state index in [-0.39, 0.29) is 10.7 Å². The van der Waals surface area contributed by atoms with Crippen molar-refractivity contribution in [2.75, 3.05) is 0 Å². The number of aromatic nitrogens is 3. The van der Waals surface area contributed by atoms with Gasteiger partial charge in [-0.25, -0.2) is 4.39 Å². The Hall–Kier alpha value is -2.22. The fourth-order valence-electron chi connectivity index (χ4n) is 1.35. The minimum atomic E-state index is -0.921. The van der Waals surface area contributed by atoms with Crippen LogP contribution in [-0.2, 0) is 7.05 Å². The van der Waals surface area contributed by atoms with Gasteiger partial charge in [-0.3, -0.25) is 24.2 Å². The molecule has 0 aliphatic carbocycles. The van der Waals surface area contributed by atoms with E-state index in [1.54, 1.807) is 0 Å². The van der Waals surface area contributed by atoms with Crippen LogP contribution in [0.2, 0.25) is 0 Å². The molecule has 0 radical (unpaired) electrons. The van der Waals surface area contributed by atoms with E-state index >= 15 is 0 Å². The van der Waals surface area contributed by atoms with E-state index in [1.165, 1.54) is 23.9 Å². The highest BCUT2D eigenvalue weighted by Crippen LogP contribution is 2.27. The van der Waals surface area contributed by atoms with Gasteiger partial charge in [-0.15, -0.1) is 0 Å². The predicted molar refractivity (Wildman–Crippen MR) is 66.0 cm³/mol. The number of H-pyrrole nitrogens is 1. The Kier molecular flexibility index (Phi) is 3.61. The fraction of sp³-hybridized carbons (Fsp3) is 0.0909. The second kappa shape index (κ2) is 5.19. The maximum atomic E-state index is 13.0. The Morgan fingerprint density at radius 2 is 2.16 bits per heavy atom. The molecule has 0 saturated heterocycles. The van der Waals surface area contributed by atoms with Crippen molar-refractivity contribution >= 4 is 18.0 Å². The first-order chi connectivity index (χ1) is 9.01. The predicted octanol–water partition coefficient (Wildman–Crippen LogP) is 0.571. The SMILES string of the molecule is Cn1[nH]c(=O)c(=O)nc1Sc1ccc(F)cc1C=O. The van der Waals surface area contributed by atoms with Crippen LogP contribution >= 0.6 is 11.8 Å². The lowest BCUT2D eigenvalue weighted by Gasteiger charge is -2.07. The van der Waals surface area contributed by atoms with Crippen LogP contribution in [0.5, 0.6) is 0 Å². The van der Waals surface area contributed by atoms with Gasteiger partial charge < -0.3 is 0 Å². The van der Waals surface area contributed by atoms with Gasteiger partial charge in [-0.2, -0.15) is 4.98 Å². The van der Waals surface area contributed by atoms with Crippen molar-refractivity contribution in [2.45, 2.75) is 10.1 Å². The number of aryl methyl sites for hydroxylation is 1. The number of rotatable bonds is 3. The normalized spacial score (nSPS) is 10.4. The van der Waals surface area contributed by atoms with Crippen LogP contribution < -0.4 is 11.1 Å². The molecule has 0 spiro atoms. The molecular formula is C11H8FN3O3S. The molecular weight excluding hydrogens is 273 g/mol. The Balaban J connectivity index is 2.47. The summed E-state index contributed by atoms with van der Waals surface area (Å²) in [5, 5.41) is 2.47. The van der Waals surface area contributed by atoms with E-state index in [9.17, 15) is 18.8 Å². The number of nitrogens with zero attached hydrogens (tertiary/aromatic N) is 2. The van der Waals surface area contributed by atoms with E-state index in [2.05, 4.69) is 10.1 Å². The number of hydrogen-bond donors (Lipinski definition) is 1. The molecule has 0 amide bonds. The van der Waals surface area contributed by atoms with E-state index in [0.29, 0.717) is 11.2 Å². The van der Waals surface area contributed by atoms with Crippen molar-refractivity contribution < 1.29 is 9.18 Å². The number of carbonyl (C=O) groups is 1. The third-order valence-electron chi connectivity index (χ3n) is 2.25. The van der Waals surface area contributed by atoms with Gasteiger partial charge >= 0.3 is 11.1 Å². The second-order valence-electron chi connectivity index (χ2n) is 3.60. The maximum Gasteiger partial charge on any atom is 0.339 e. The Labute approximate surface area is 110 Å². The first-order valence-corrected chi connectivity index (χ1v) is 5.93. The second-order valence-corrected chi connectivity index (χ2v) is 4.61. The number of aromatic amines is 1. The molecule has 0 unspecified atom stereocenters. The van der Waals surface area contributed by atoms with Crippen LogP contribution in [0.25, 0.3) is 0 Å². The van der Waals surface area contributed by atoms with Gasteiger partial charge in [0.05, 0.1) is 0 Å². The summed E-state index contributed by atoms with van der Waals surface area (Å²) in [6.07, 6.45) is 0.509. The summed E-state index contributed by atoms with van der Waals surface area (Å²) in [5.74, 6) is -0.533. The quantitative estimate of drug-likeness (QED) is 0.657. The average Bonchev–Trinajstić information content (AvgIpc) is 2.37. The third kappa shape index (κ3) is 2.79. The van der Waals surface area contributed by atoms with Gasteiger partial charge in [0.15, 0.2) is 11.4 Å². The highest BCUT2D eigenvalue weighted by molar-refractivity contribution is 7.99. The number of nitrogens with one attached hydrogen (secondary N) is 1. The maximum absolute atomic E-state index is 13.0. The number of hydrogen-bond acceptors (Lipinski definition) is 5. The monoisotopic (exact) mass is 281 g/mol. The molecule has 0 fully saturated rings. The van der Waals surface area contributed by atoms with Gasteiger partial charge in [0, 0.05) is 17.5 Å². The van der Waals surface area contributed by atoms with Gasteiger partial charge in [-0.05, 0) is 30.0 Å². The lowest BCUT2D eigenvalue weighted by molar-refractivity contribution is 0.112. The molecule has 2 rings (SSSR count). The van der Waals surface area contributed by atoms with Gasteiger partial charge in [0.2, 0.25) is 0 Å². The zero-order valence-corrected chi connectivity index (χ0v) is 10.5. The van der Waals surface area contributed by atoms with Gasteiger partial charge in [-0.1, -0.05) is 0 Å². The topological polar surface area (TPSA) is 84.8 Å². The fourth-order valence-corrected chi connectivity index (χ4v) is 2.22. The molecule has 0 bridgehead atoms. The standard InChI is InChI=1S/C11H8FN3O3S/c1-15-11(13-9(17)10(18)14-15)19-8-3-2-7(12)4-6(8)5-16/h2-5H,1H3,(H,14,18). The summed E-state index contributed by atoms with van der Waals surface area (Å²) in [5.41, 5.74) is -1.61. The smallest absolute Gasteiger partial charge is 0.298 e. The molecule has 0 saturated carbocycles.